The van der Waals surface area contributed by atoms with Gasteiger partial charge in [0.15, 0.2) is 0 Å². The molecule has 0 heterocycles. The van der Waals surface area contributed by atoms with E-state index in [1.165, 1.54) is 68.8 Å². The summed E-state index contributed by atoms with van der Waals surface area (Å²) < 4.78 is 51.1. The fourth-order valence-corrected chi connectivity index (χ4v) is 2.19. The third kappa shape index (κ3) is 3.23. The minimum absolute atomic E-state index is 0.144. The minimum atomic E-state index is -4.84. The number of halogens is 3. The third-order valence-electron chi connectivity index (χ3n) is 3.54. The van der Waals surface area contributed by atoms with Gasteiger partial charge in [0, 0.05) is 11.3 Å². The molecule has 126 valence electrons. The van der Waals surface area contributed by atoms with Crippen molar-refractivity contribution >= 4 is 5.69 Å². The van der Waals surface area contributed by atoms with Gasteiger partial charge in [-0.2, -0.15) is 18.4 Å². The minimum Gasteiger partial charge on any atom is -0.497 e. The highest BCUT2D eigenvalue weighted by Gasteiger charge is 2.57. The van der Waals surface area contributed by atoms with Crippen LogP contribution >= 0.6 is 0 Å². The normalized spacial score (nSPS) is 13.5. The molecule has 24 heavy (non-hydrogen) atoms. The molecule has 0 aromatic heterocycles. The lowest BCUT2D eigenvalue weighted by atomic mass is 9.90. The number of nitriles is 1. The van der Waals surface area contributed by atoms with Crippen LogP contribution in [0.25, 0.3) is 0 Å². The van der Waals surface area contributed by atoms with Crippen molar-refractivity contribution in [2.45, 2.75) is 11.7 Å². The van der Waals surface area contributed by atoms with Gasteiger partial charge in [0.05, 0.1) is 14.2 Å². The second kappa shape index (κ2) is 6.71. The summed E-state index contributed by atoms with van der Waals surface area (Å²) in [4.78, 5) is 0. The fourth-order valence-electron chi connectivity index (χ4n) is 2.19. The van der Waals surface area contributed by atoms with E-state index in [1.807, 2.05) is 0 Å². The van der Waals surface area contributed by atoms with Gasteiger partial charge in [0.1, 0.15) is 17.6 Å². The molecule has 1 atom stereocenters. The Morgan fingerprint density at radius 2 is 1.33 bits per heavy atom. The summed E-state index contributed by atoms with van der Waals surface area (Å²) in [6.07, 6.45) is -4.84. The molecule has 2 aromatic carbocycles. The van der Waals surface area contributed by atoms with E-state index in [0.29, 0.717) is 11.5 Å². The van der Waals surface area contributed by atoms with E-state index in [-0.39, 0.29) is 11.3 Å². The summed E-state index contributed by atoms with van der Waals surface area (Å²) in [5, 5.41) is 11.7. The Bertz CT molecular complexity index is 721. The van der Waals surface area contributed by atoms with Gasteiger partial charge in [-0.1, -0.05) is 12.1 Å². The van der Waals surface area contributed by atoms with E-state index < -0.39 is 11.7 Å². The van der Waals surface area contributed by atoms with E-state index in [0.717, 1.165) is 0 Å². The summed E-state index contributed by atoms with van der Waals surface area (Å²) in [7, 11) is 2.86. The average Bonchev–Trinajstić information content (AvgIpc) is 2.59. The van der Waals surface area contributed by atoms with Crippen molar-refractivity contribution in [2.24, 2.45) is 0 Å². The Morgan fingerprint density at radius 1 is 0.875 bits per heavy atom. The van der Waals surface area contributed by atoms with Gasteiger partial charge in [0.25, 0.3) is 0 Å². The molecule has 0 aliphatic heterocycles. The molecule has 0 aliphatic carbocycles. The van der Waals surface area contributed by atoms with Gasteiger partial charge < -0.3 is 14.8 Å². The smallest absolute Gasteiger partial charge is 0.429 e. The van der Waals surface area contributed by atoms with Crippen molar-refractivity contribution in [2.75, 3.05) is 19.5 Å². The number of benzene rings is 2. The number of hydrogen-bond acceptors (Lipinski definition) is 4. The van der Waals surface area contributed by atoms with Gasteiger partial charge in [0.2, 0.25) is 5.54 Å². The van der Waals surface area contributed by atoms with Crippen LogP contribution in [0.15, 0.2) is 48.5 Å². The van der Waals surface area contributed by atoms with E-state index in [4.69, 9.17) is 9.47 Å². The Hall–Kier alpha value is -2.88. The SMILES string of the molecule is COc1ccc(N[C@](C#N)(c2ccc(OC)cc2)C(F)(F)F)cc1. The van der Waals surface area contributed by atoms with E-state index in [9.17, 15) is 18.4 Å². The van der Waals surface area contributed by atoms with Crippen LogP contribution in [0.4, 0.5) is 18.9 Å². The summed E-state index contributed by atoms with van der Waals surface area (Å²) in [5.41, 5.74) is -2.96. The monoisotopic (exact) mass is 336 g/mol. The zero-order valence-corrected chi connectivity index (χ0v) is 13.0. The summed E-state index contributed by atoms with van der Waals surface area (Å²) in [6.45, 7) is 0. The number of methoxy groups -OCH3 is 2. The molecule has 2 aromatic rings. The highest BCUT2D eigenvalue weighted by atomic mass is 19.4. The number of alkyl halides is 3. The number of ether oxygens (including phenoxy) is 2. The lowest BCUT2D eigenvalue weighted by molar-refractivity contribution is -0.165. The number of nitrogens with zero attached hydrogens (tertiary/aromatic N) is 1. The molecule has 0 saturated heterocycles. The second-order valence-electron chi connectivity index (χ2n) is 4.94. The summed E-state index contributed by atoms with van der Waals surface area (Å²) in [6, 6.07) is 12.4. The van der Waals surface area contributed by atoms with Crippen LogP contribution < -0.4 is 14.8 Å². The molecule has 0 unspecified atom stereocenters. The van der Waals surface area contributed by atoms with Crippen LogP contribution in [0.1, 0.15) is 5.56 Å². The Morgan fingerprint density at radius 3 is 1.71 bits per heavy atom. The van der Waals surface area contributed by atoms with E-state index >= 15 is 0 Å². The van der Waals surface area contributed by atoms with Gasteiger partial charge in [-0.15, -0.1) is 0 Å². The molecule has 1 N–H and O–H groups in total. The lowest BCUT2D eigenvalue weighted by Gasteiger charge is -2.31. The van der Waals surface area contributed by atoms with Crippen LogP contribution in [0.5, 0.6) is 11.5 Å². The number of hydrogen-bond donors (Lipinski definition) is 1. The molecule has 0 saturated carbocycles. The third-order valence-corrected chi connectivity index (χ3v) is 3.54. The molecule has 0 radical (unpaired) electrons. The first-order valence-electron chi connectivity index (χ1n) is 6.91. The van der Waals surface area contributed by atoms with Gasteiger partial charge in [-0.25, -0.2) is 0 Å². The van der Waals surface area contributed by atoms with Crippen molar-refractivity contribution < 1.29 is 22.6 Å². The standard InChI is InChI=1S/C17H15F3N2O2/c1-23-14-7-3-12(4-8-14)16(11-21,17(18,19)20)22-13-5-9-15(24-2)10-6-13/h3-10,22H,1-2H3/t16-/m1/s1. The van der Waals surface area contributed by atoms with Crippen LogP contribution in [0, 0.1) is 11.3 Å². The first kappa shape index (κ1) is 17.5. The molecule has 0 fully saturated rings. The Balaban J connectivity index is 2.48. The zero-order valence-electron chi connectivity index (χ0n) is 13.0. The molecular formula is C17H15F3N2O2. The maximum Gasteiger partial charge on any atom is 0.429 e. The quantitative estimate of drug-likeness (QED) is 0.893. The Labute approximate surface area is 137 Å². The lowest BCUT2D eigenvalue weighted by Crippen LogP contribution is -2.47. The number of anilines is 1. The second-order valence-corrected chi connectivity index (χ2v) is 4.94. The maximum atomic E-state index is 13.7. The molecule has 2 rings (SSSR count). The molecule has 0 amide bonds. The van der Waals surface area contributed by atoms with E-state index in [2.05, 4.69) is 5.32 Å². The first-order chi connectivity index (χ1) is 11.4. The van der Waals surface area contributed by atoms with Crippen molar-refractivity contribution in [1.82, 2.24) is 0 Å². The van der Waals surface area contributed by atoms with Crippen molar-refractivity contribution in [1.29, 1.82) is 5.26 Å². The molecule has 4 nitrogen and oxygen atoms in total. The van der Waals surface area contributed by atoms with Crippen molar-refractivity contribution in [3.05, 3.63) is 54.1 Å². The molecule has 0 aliphatic rings. The van der Waals surface area contributed by atoms with Gasteiger partial charge in [-0.05, 0) is 36.4 Å². The molecule has 7 heteroatoms. The number of nitrogens with one attached hydrogen (secondary N) is 1. The van der Waals surface area contributed by atoms with Crippen LogP contribution in [-0.2, 0) is 5.54 Å². The molecular weight excluding hydrogens is 321 g/mol. The highest BCUT2D eigenvalue weighted by molar-refractivity contribution is 5.54. The maximum absolute atomic E-state index is 13.7. The predicted octanol–water partition coefficient (Wildman–Crippen LogP) is 4.10. The Kier molecular flexibility index (Phi) is 4.88. The predicted molar refractivity (Wildman–Crippen MR) is 83.0 cm³/mol. The highest BCUT2D eigenvalue weighted by Crippen LogP contribution is 2.42. The molecule has 0 bridgehead atoms. The summed E-state index contributed by atoms with van der Waals surface area (Å²) >= 11 is 0. The largest absolute Gasteiger partial charge is 0.497 e. The van der Waals surface area contributed by atoms with Crippen LogP contribution in [0.3, 0.4) is 0 Å². The molecule has 0 spiro atoms. The number of rotatable bonds is 5. The van der Waals surface area contributed by atoms with E-state index in [1.54, 1.807) is 0 Å². The van der Waals surface area contributed by atoms with Crippen LogP contribution in [0.2, 0.25) is 0 Å². The van der Waals surface area contributed by atoms with Crippen LogP contribution in [-0.4, -0.2) is 20.4 Å². The topological polar surface area (TPSA) is 54.3 Å². The van der Waals surface area contributed by atoms with Gasteiger partial charge in [-0.3, -0.25) is 0 Å². The first-order valence-corrected chi connectivity index (χ1v) is 6.91. The zero-order chi connectivity index (χ0) is 17.8. The fraction of sp³-hybridized carbons (Fsp3) is 0.235. The summed E-state index contributed by atoms with van der Waals surface area (Å²) in [5.74, 6) is 0.900. The van der Waals surface area contributed by atoms with Crippen molar-refractivity contribution in [3.8, 4) is 17.6 Å². The van der Waals surface area contributed by atoms with Crippen molar-refractivity contribution in [3.63, 3.8) is 0 Å². The average molecular weight is 336 g/mol. The van der Waals surface area contributed by atoms with Gasteiger partial charge >= 0.3 is 6.18 Å².